The van der Waals surface area contributed by atoms with E-state index in [2.05, 4.69) is 262 Å². The number of rotatable bonds is 4. The number of ketones is 1. The van der Waals surface area contributed by atoms with Crippen molar-refractivity contribution < 1.29 is 34.5 Å². The van der Waals surface area contributed by atoms with E-state index < -0.39 is 0 Å². The first-order chi connectivity index (χ1) is 44.0. The number of ether oxygens (including phenoxy) is 1. The average Bonchev–Trinajstić information content (AvgIpc) is 1.77. The van der Waals surface area contributed by atoms with Gasteiger partial charge in [0.25, 0.3) is 6.47 Å². The van der Waals surface area contributed by atoms with Crippen molar-refractivity contribution in [3.05, 3.63) is 193 Å². The third-order valence-electron chi connectivity index (χ3n) is 12.9. The number of carbonyl (C=O) groups is 3. The van der Waals surface area contributed by atoms with Gasteiger partial charge >= 0.3 is 6.15 Å². The molecule has 0 amide bonds. The second kappa shape index (κ2) is 40.6. The second-order valence-electron chi connectivity index (χ2n) is 31.9. The summed E-state index contributed by atoms with van der Waals surface area (Å²) in [6, 6.07) is 36.4. The smallest absolute Gasteiger partial charge is 0.373 e. The Balaban J connectivity index is 0.00000106. The molecule has 9 aromatic heterocycles. The van der Waals surface area contributed by atoms with Crippen molar-refractivity contribution in [3.8, 4) is 5.06 Å². The van der Waals surface area contributed by atoms with Gasteiger partial charge in [0, 0.05) is 58.5 Å². The Kier molecular flexibility index (Phi) is 37.8. The van der Waals surface area contributed by atoms with E-state index in [1.807, 2.05) is 99.9 Å². The number of hydrogen-bond acceptors (Lipinski definition) is 15. The number of hydrogen-bond donors (Lipinski definition) is 0. The molecule has 532 valence electrons. The summed E-state index contributed by atoms with van der Waals surface area (Å²) in [5.41, 5.74) is 2.11. The van der Waals surface area contributed by atoms with Crippen LogP contribution in [-0.2, 0) is 63.1 Å². The fourth-order valence-corrected chi connectivity index (χ4v) is 15.0. The molecule has 0 fully saturated rings. The van der Waals surface area contributed by atoms with E-state index in [-0.39, 0.29) is 44.1 Å². The third-order valence-corrected chi connectivity index (χ3v) is 25.4. The molecule has 9 rings (SSSR count). The molecule has 0 saturated heterocycles. The number of carbonyl (C=O) groups excluding carboxylic acids is 5. The van der Waals surface area contributed by atoms with Gasteiger partial charge in [-0.15, -0.1) is 102 Å². The maximum absolute atomic E-state index is 12.5. The molecule has 0 bridgehead atoms. The zero-order valence-electron chi connectivity index (χ0n) is 64.6. The minimum Gasteiger partial charge on any atom is -0.418 e. The molecule has 0 saturated carbocycles. The molecule has 0 aromatic carbocycles. The van der Waals surface area contributed by atoms with Gasteiger partial charge in [-0.25, -0.2) is 0 Å². The van der Waals surface area contributed by atoms with Gasteiger partial charge in [0.1, 0.15) is 0 Å². The number of Topliss-reactive ketones (excluding diaryl/α,β-unsaturated/α-hetero) is 1. The highest BCUT2D eigenvalue weighted by molar-refractivity contribution is 7.15. The molecule has 0 spiro atoms. The molecule has 9 aromatic rings. The number of thiophene rings is 9. The van der Waals surface area contributed by atoms with Gasteiger partial charge in [-0.3, -0.25) is 14.4 Å². The summed E-state index contributed by atoms with van der Waals surface area (Å²) >= 11 is 15.0. The topological polar surface area (TPSA) is 94.6 Å². The molecule has 0 atom stereocenters. The highest BCUT2D eigenvalue weighted by Gasteiger charge is 2.21. The molecular formula is C80H115FO6S9. The van der Waals surface area contributed by atoms with Gasteiger partial charge in [0.05, 0.1) is 11.1 Å². The lowest BCUT2D eigenvalue weighted by Crippen LogP contribution is -2.07. The van der Waals surface area contributed by atoms with Crippen molar-refractivity contribution in [2.75, 3.05) is 0 Å². The Bertz CT molecular complexity index is 3390. The molecule has 9 heterocycles. The van der Waals surface area contributed by atoms with Crippen molar-refractivity contribution in [3.63, 3.8) is 0 Å². The van der Waals surface area contributed by atoms with Crippen LogP contribution >= 0.6 is 102 Å². The number of aldehydes is 1. The van der Waals surface area contributed by atoms with E-state index in [9.17, 15) is 18.8 Å². The van der Waals surface area contributed by atoms with Crippen LogP contribution in [0.2, 0.25) is 0 Å². The van der Waals surface area contributed by atoms with Gasteiger partial charge in [0.2, 0.25) is 0 Å². The van der Waals surface area contributed by atoms with E-state index in [1.165, 1.54) is 82.4 Å². The summed E-state index contributed by atoms with van der Waals surface area (Å²) in [5, 5.41) is 3.35. The van der Waals surface area contributed by atoms with Gasteiger partial charge in [0.15, 0.2) is 22.3 Å². The maximum Gasteiger partial charge on any atom is 0.373 e. The summed E-state index contributed by atoms with van der Waals surface area (Å²) in [4.78, 5) is 65.6. The molecule has 16 heteroatoms. The Morgan fingerprint density at radius 1 is 0.396 bits per heavy atom. The van der Waals surface area contributed by atoms with E-state index >= 15 is 0 Å². The maximum atomic E-state index is 12.5. The highest BCUT2D eigenvalue weighted by Crippen LogP contribution is 2.36. The van der Waals surface area contributed by atoms with Crippen molar-refractivity contribution in [1.82, 2.24) is 0 Å². The Morgan fingerprint density at radius 2 is 0.708 bits per heavy atom. The van der Waals surface area contributed by atoms with Crippen molar-refractivity contribution in [2.24, 2.45) is 0 Å². The number of halogens is 1. The van der Waals surface area contributed by atoms with Gasteiger partial charge < -0.3 is 4.74 Å². The second-order valence-corrected chi connectivity index (χ2v) is 41.9. The van der Waals surface area contributed by atoms with Crippen molar-refractivity contribution >= 4 is 127 Å². The quantitative estimate of drug-likeness (QED) is 0.129. The summed E-state index contributed by atoms with van der Waals surface area (Å²) in [6.07, 6.45) is 1.15. The van der Waals surface area contributed by atoms with E-state index in [4.69, 9.17) is 15.7 Å². The molecule has 0 aliphatic rings. The summed E-state index contributed by atoms with van der Waals surface area (Å²) in [7, 11) is 0. The molecule has 0 radical (unpaired) electrons. The SMILES string of the molecule is CC(=O)c1ccc(C(C)(C)C)s1.CC(C)(C)c1ccc(C=O)s1.CC(C)(C)c1ccc(OC=O)s1.CC(C)(C)c1ccc([11CH3])s1.CC(C)(C)c1ccc([19F])s1.CC(C)(C)c1cccs1.Cc1ccc(C(C)(C)C)s1.Cc1ccc(C(C)(C)C)s1.O=C=O.[3H]c1ccc(C(C)(C)C)s1. The summed E-state index contributed by atoms with van der Waals surface area (Å²) in [6.45, 7) is 67.5. The van der Waals surface area contributed by atoms with Crippen LogP contribution in [0.1, 0.15) is 273 Å². The molecule has 96 heavy (non-hydrogen) atoms. The predicted molar refractivity (Wildman–Crippen MR) is 428 cm³/mol. The predicted octanol–water partition coefficient (Wildman–Crippen LogP) is 27.4. The van der Waals surface area contributed by atoms with Crippen molar-refractivity contribution in [2.45, 2.75) is 263 Å². The Morgan fingerprint density at radius 3 is 0.906 bits per heavy atom. The molecule has 6 nitrogen and oxygen atoms in total. The first-order valence-corrected chi connectivity index (χ1v) is 39.4. The summed E-state index contributed by atoms with van der Waals surface area (Å²) in [5.74, 6) is 0.163. The molecule has 0 aliphatic carbocycles. The van der Waals surface area contributed by atoms with E-state index in [1.54, 1.807) is 40.9 Å². The lowest BCUT2D eigenvalue weighted by Gasteiger charge is -2.15. The van der Waals surface area contributed by atoms with Gasteiger partial charge in [-0.2, -0.15) is 14.0 Å². The van der Waals surface area contributed by atoms with Crippen LogP contribution in [0.25, 0.3) is 0 Å². The highest BCUT2D eigenvalue weighted by atomic mass is 32.1. The fourth-order valence-electron chi connectivity index (χ4n) is 7.16. The van der Waals surface area contributed by atoms with E-state index in [0.717, 1.165) is 20.9 Å². The van der Waals surface area contributed by atoms with Gasteiger partial charge in [-0.1, -0.05) is 199 Å². The molecular weight excluding hydrogens is 1360 g/mol. The first kappa shape index (κ1) is 89.4. The number of aryl methyl sites for hydroxylation is 3. The lowest BCUT2D eigenvalue weighted by atomic mass is 9.95. The monoisotopic (exact) mass is 1480 g/mol. The third kappa shape index (κ3) is 38.1. The van der Waals surface area contributed by atoms with Crippen LogP contribution in [-0.4, -0.2) is 24.7 Å². The first-order valence-electron chi connectivity index (χ1n) is 32.4. The van der Waals surface area contributed by atoms with Crippen LogP contribution in [0, 0.1) is 25.9 Å². The standard InChI is InChI=1S/C10H14OS.C9H12O2S.C9H12OS.3C9H14S.C8H11FS.2C8H12S.CO2/c1-7(11)8-5-6-9(12-8)10(2,3)4;1-9(2,3)7-4-5-8(12-7)11-6-10;1-9(2,3)8-5-4-7(6-10)11-8;3*1-7-5-6-8(10-7)9(2,3)4;1-8(2,3)6-4-5-7(9)10-6;2*1-8(2,3)7-5-4-6-9-7;2-1-3/h5-6H,1-4H3;4-6H,1-3H3;4-6H,1-3H3;3*5-6H,1-4H3;4-5H,1-3H3;2*4-6H,1-3H3;/i;;;1-1;;;9+0;6T;;. The Hall–Kier alpha value is -4.58. The average molecular weight is 1480 g/mol. The molecule has 0 aliphatic heterocycles. The van der Waals surface area contributed by atoms with Crippen LogP contribution in [0.3, 0.4) is 0 Å². The van der Waals surface area contributed by atoms with Crippen LogP contribution in [0.4, 0.5) is 4.39 Å². The van der Waals surface area contributed by atoms with Crippen molar-refractivity contribution in [1.29, 1.82) is 0 Å². The van der Waals surface area contributed by atoms with Crippen LogP contribution in [0.15, 0.2) is 120 Å². The Labute approximate surface area is 617 Å². The zero-order valence-corrected chi connectivity index (χ0v) is 71.0. The fraction of sp³-hybridized carbons (Fsp3) is 0.500. The van der Waals surface area contributed by atoms with Crippen LogP contribution in [0.5, 0.6) is 5.06 Å². The van der Waals surface area contributed by atoms with Gasteiger partial charge in [-0.05, 0) is 184 Å². The minimum absolute atomic E-state index is 0.0923. The largest absolute Gasteiger partial charge is 0.418 e. The molecule has 0 N–H and O–H groups in total. The minimum atomic E-state index is -0.0927. The molecule has 0 unspecified atom stereocenters. The normalized spacial score (nSPS) is 11.6. The van der Waals surface area contributed by atoms with E-state index in [0.29, 0.717) is 38.6 Å². The van der Waals surface area contributed by atoms with Crippen LogP contribution < -0.4 is 4.74 Å². The summed E-state index contributed by atoms with van der Waals surface area (Å²) < 4.78 is 24.5. The zero-order chi connectivity index (χ0) is 75.5. The lowest BCUT2D eigenvalue weighted by molar-refractivity contribution is -0.191.